The third-order valence-electron chi connectivity index (χ3n) is 7.05. The van der Waals surface area contributed by atoms with Gasteiger partial charge in [0.2, 0.25) is 11.8 Å². The van der Waals surface area contributed by atoms with Crippen LogP contribution in [0.3, 0.4) is 0 Å². The lowest BCUT2D eigenvalue weighted by molar-refractivity contribution is -0.138. The number of amidine groups is 1. The third kappa shape index (κ3) is 5.07. The third-order valence-corrected chi connectivity index (χ3v) is 7.94. The molecule has 0 bridgehead atoms. The number of amides is 3. The quantitative estimate of drug-likeness (QED) is 0.587. The summed E-state index contributed by atoms with van der Waals surface area (Å²) in [4.78, 5) is 51.0. The molecule has 3 amide bonds. The molecule has 0 radical (unpaired) electrons. The predicted molar refractivity (Wildman–Crippen MR) is 143 cm³/mol. The number of aryl methyl sites for hydroxylation is 1. The van der Waals surface area contributed by atoms with Crippen LogP contribution in [0.25, 0.3) is 0 Å². The number of benzene rings is 1. The smallest absolute Gasteiger partial charge is 0.254 e. The molecule has 0 N–H and O–H groups in total. The topological polar surface area (TPSA) is 76.5 Å². The molecule has 1 unspecified atom stereocenters. The molecular weight excluding hydrogens is 474 g/mol. The van der Waals surface area contributed by atoms with Crippen molar-refractivity contribution in [1.29, 1.82) is 0 Å². The molecule has 3 aliphatic heterocycles. The van der Waals surface area contributed by atoms with E-state index in [2.05, 4.69) is 11.0 Å². The molecule has 9 heteroatoms. The molecule has 0 saturated carbocycles. The molecule has 8 nitrogen and oxygen atoms in total. The zero-order chi connectivity index (χ0) is 26.0. The Labute approximate surface area is 217 Å². The lowest BCUT2D eigenvalue weighted by Gasteiger charge is -2.39. The number of carbonyl (C=O) groups excluding carboxylic acids is 3. The van der Waals surface area contributed by atoms with Gasteiger partial charge in [-0.05, 0) is 38.7 Å². The van der Waals surface area contributed by atoms with Gasteiger partial charge in [0.25, 0.3) is 5.91 Å². The van der Waals surface area contributed by atoms with E-state index in [0.717, 1.165) is 27.7 Å². The minimum atomic E-state index is -0.353. The first-order valence-corrected chi connectivity index (χ1v) is 13.5. The summed E-state index contributed by atoms with van der Waals surface area (Å²) in [6.07, 6.45) is 0.222. The SMILES string of the molecule is CCN(CC)C(=O)C1=C(C)N=C2SC=C(CC(=O)N3CCN(C(C)=O)CC3)N2C1c1cccc(C)c1. The maximum absolute atomic E-state index is 13.7. The van der Waals surface area contributed by atoms with Crippen LogP contribution in [-0.4, -0.2) is 81.8 Å². The van der Waals surface area contributed by atoms with E-state index in [4.69, 9.17) is 4.99 Å². The van der Waals surface area contributed by atoms with Crippen LogP contribution in [0.15, 0.2) is 51.6 Å². The van der Waals surface area contributed by atoms with Gasteiger partial charge >= 0.3 is 0 Å². The molecule has 1 aromatic rings. The van der Waals surface area contributed by atoms with Gasteiger partial charge in [0.1, 0.15) is 0 Å². The van der Waals surface area contributed by atoms with Crippen LogP contribution in [0.4, 0.5) is 0 Å². The van der Waals surface area contributed by atoms with Gasteiger partial charge in [-0.1, -0.05) is 41.6 Å². The number of nitrogens with zero attached hydrogens (tertiary/aromatic N) is 5. The van der Waals surface area contributed by atoms with Gasteiger partial charge < -0.3 is 19.6 Å². The van der Waals surface area contributed by atoms with E-state index in [0.29, 0.717) is 44.8 Å². The number of fused-ring (bicyclic) bond motifs is 1. The highest BCUT2D eigenvalue weighted by Crippen LogP contribution is 2.45. The van der Waals surface area contributed by atoms with Gasteiger partial charge in [-0.2, -0.15) is 0 Å². The van der Waals surface area contributed by atoms with Crippen LogP contribution in [-0.2, 0) is 14.4 Å². The lowest BCUT2D eigenvalue weighted by atomic mass is 9.92. The largest absolute Gasteiger partial charge is 0.339 e. The minimum absolute atomic E-state index is 0.0188. The second kappa shape index (κ2) is 10.9. The Morgan fingerprint density at radius 2 is 1.72 bits per heavy atom. The number of rotatable bonds is 6. The van der Waals surface area contributed by atoms with Gasteiger partial charge in [-0.3, -0.25) is 14.4 Å². The van der Waals surface area contributed by atoms with E-state index in [1.807, 2.05) is 61.1 Å². The number of allylic oxidation sites excluding steroid dienone is 1. The van der Waals surface area contributed by atoms with Crippen molar-refractivity contribution >= 4 is 34.7 Å². The molecule has 1 saturated heterocycles. The highest BCUT2D eigenvalue weighted by Gasteiger charge is 2.41. The molecule has 36 heavy (non-hydrogen) atoms. The van der Waals surface area contributed by atoms with Gasteiger partial charge in [-0.15, -0.1) is 0 Å². The average molecular weight is 510 g/mol. The van der Waals surface area contributed by atoms with Crippen LogP contribution in [0.5, 0.6) is 0 Å². The first-order chi connectivity index (χ1) is 17.2. The molecule has 0 aliphatic carbocycles. The molecule has 4 rings (SSSR count). The van der Waals surface area contributed by atoms with E-state index in [1.165, 1.54) is 11.8 Å². The summed E-state index contributed by atoms with van der Waals surface area (Å²) in [5.74, 6) is 0.0478. The fourth-order valence-electron chi connectivity index (χ4n) is 5.02. The fraction of sp³-hybridized carbons (Fsp3) is 0.481. The molecule has 3 heterocycles. The number of carbonyl (C=O) groups is 3. The fourth-order valence-corrected chi connectivity index (χ4v) is 5.98. The van der Waals surface area contributed by atoms with Gasteiger partial charge in [0.05, 0.1) is 23.7 Å². The Kier molecular flexibility index (Phi) is 7.88. The van der Waals surface area contributed by atoms with E-state index in [9.17, 15) is 14.4 Å². The van der Waals surface area contributed by atoms with E-state index < -0.39 is 0 Å². The number of piperazine rings is 1. The molecular formula is C27H35N5O3S. The predicted octanol–water partition coefficient (Wildman–Crippen LogP) is 3.52. The molecule has 3 aliphatic rings. The van der Waals surface area contributed by atoms with Crippen LogP contribution < -0.4 is 0 Å². The highest BCUT2D eigenvalue weighted by atomic mass is 32.2. The van der Waals surface area contributed by atoms with Gasteiger partial charge in [0.15, 0.2) is 5.17 Å². The Morgan fingerprint density at radius 1 is 1.06 bits per heavy atom. The second-order valence-electron chi connectivity index (χ2n) is 9.35. The van der Waals surface area contributed by atoms with Crippen molar-refractivity contribution in [3.05, 3.63) is 57.8 Å². The number of hydrogen-bond donors (Lipinski definition) is 0. The Hall–Kier alpha value is -3.07. The number of likely N-dealkylation sites (N-methyl/N-ethyl adjacent to an activating group) is 1. The second-order valence-corrected chi connectivity index (χ2v) is 10.2. The van der Waals surface area contributed by atoms with Crippen LogP contribution in [0, 0.1) is 6.92 Å². The summed E-state index contributed by atoms with van der Waals surface area (Å²) < 4.78 is 0. The zero-order valence-corrected chi connectivity index (χ0v) is 22.6. The van der Waals surface area contributed by atoms with Crippen LogP contribution >= 0.6 is 11.8 Å². The minimum Gasteiger partial charge on any atom is -0.339 e. The summed E-state index contributed by atoms with van der Waals surface area (Å²) in [6, 6.07) is 7.86. The molecule has 0 aromatic heterocycles. The lowest BCUT2D eigenvalue weighted by Crippen LogP contribution is -2.50. The number of aliphatic imine (C=N–C) groups is 1. The summed E-state index contributed by atoms with van der Waals surface area (Å²) in [6.45, 7) is 12.9. The van der Waals surface area contributed by atoms with Crippen molar-refractivity contribution in [2.75, 3.05) is 39.3 Å². The van der Waals surface area contributed by atoms with Gasteiger partial charge in [-0.25, -0.2) is 4.99 Å². The number of hydrogen-bond acceptors (Lipinski definition) is 6. The molecule has 0 spiro atoms. The molecule has 1 atom stereocenters. The van der Waals surface area contributed by atoms with E-state index in [-0.39, 0.29) is 30.2 Å². The molecule has 1 fully saturated rings. The van der Waals surface area contributed by atoms with Crippen LogP contribution in [0.2, 0.25) is 0 Å². The van der Waals surface area contributed by atoms with Crippen LogP contribution in [0.1, 0.15) is 51.3 Å². The van der Waals surface area contributed by atoms with E-state index >= 15 is 0 Å². The van der Waals surface area contributed by atoms with Crippen molar-refractivity contribution in [3.8, 4) is 0 Å². The Balaban J connectivity index is 1.65. The van der Waals surface area contributed by atoms with Crippen molar-refractivity contribution in [2.24, 2.45) is 4.99 Å². The monoisotopic (exact) mass is 509 g/mol. The van der Waals surface area contributed by atoms with Crippen molar-refractivity contribution < 1.29 is 14.4 Å². The Bertz CT molecular complexity index is 1150. The average Bonchev–Trinajstić information content (AvgIpc) is 3.25. The highest BCUT2D eigenvalue weighted by molar-refractivity contribution is 8.16. The summed E-state index contributed by atoms with van der Waals surface area (Å²) in [7, 11) is 0. The summed E-state index contributed by atoms with van der Waals surface area (Å²) >= 11 is 1.50. The van der Waals surface area contributed by atoms with E-state index in [1.54, 1.807) is 11.8 Å². The van der Waals surface area contributed by atoms with Crippen molar-refractivity contribution in [2.45, 2.75) is 47.1 Å². The first kappa shape index (κ1) is 26.0. The van der Waals surface area contributed by atoms with Crippen molar-refractivity contribution in [3.63, 3.8) is 0 Å². The maximum Gasteiger partial charge on any atom is 0.254 e. The van der Waals surface area contributed by atoms with Crippen molar-refractivity contribution in [1.82, 2.24) is 19.6 Å². The Morgan fingerprint density at radius 3 is 2.33 bits per heavy atom. The normalized spacial score (nSPS) is 19.7. The van der Waals surface area contributed by atoms with Gasteiger partial charge in [0, 0.05) is 51.9 Å². The maximum atomic E-state index is 13.7. The molecule has 1 aromatic carbocycles. The summed E-state index contributed by atoms with van der Waals surface area (Å²) in [5.41, 5.74) is 4.35. The number of thioether (sulfide) groups is 1. The first-order valence-electron chi connectivity index (χ1n) is 12.6. The zero-order valence-electron chi connectivity index (χ0n) is 21.8. The molecule has 192 valence electrons. The standard InChI is InChI=1S/C27H35N5O3S/c1-6-29(7-2)26(35)24-19(4)28-27-32(25(24)21-10-8-9-18(3)15-21)22(17-36-27)16-23(34)31-13-11-30(12-14-31)20(5)33/h8-10,15,17,25H,6-7,11-14,16H2,1-5H3. The summed E-state index contributed by atoms with van der Waals surface area (Å²) in [5, 5.41) is 2.78.